The zero-order valence-electron chi connectivity index (χ0n) is 14.3. The predicted molar refractivity (Wildman–Crippen MR) is 107 cm³/mol. The van der Waals surface area contributed by atoms with Gasteiger partial charge in [0.15, 0.2) is 0 Å². The summed E-state index contributed by atoms with van der Waals surface area (Å²) in [5.74, 6) is -0.254. The molecule has 4 nitrogen and oxygen atoms in total. The Balaban J connectivity index is 1.59. The highest BCUT2D eigenvalue weighted by Crippen LogP contribution is 2.33. The van der Waals surface area contributed by atoms with Crippen molar-refractivity contribution in [3.05, 3.63) is 96.8 Å². The number of aromatic nitrogens is 1. The van der Waals surface area contributed by atoms with Crippen LogP contribution in [0.25, 0.3) is 11.3 Å². The van der Waals surface area contributed by atoms with Gasteiger partial charge in [0.2, 0.25) is 0 Å². The van der Waals surface area contributed by atoms with Crippen molar-refractivity contribution in [2.24, 2.45) is 0 Å². The Morgan fingerprint density at radius 3 is 2.30 bits per heavy atom. The molecule has 1 aromatic heterocycles. The number of carbonyl (C=O) groups is 1. The van der Waals surface area contributed by atoms with Gasteiger partial charge in [-0.3, -0.25) is 4.79 Å². The minimum atomic E-state index is -0.254. The number of hydrogen-bond donors (Lipinski definition) is 1. The summed E-state index contributed by atoms with van der Waals surface area (Å²) in [4.78, 5) is 14.9. The first-order chi connectivity index (χ1) is 13.3. The summed E-state index contributed by atoms with van der Waals surface area (Å²) in [5, 5.41) is 6.98. The van der Waals surface area contributed by atoms with E-state index >= 15 is 0 Å². The van der Waals surface area contributed by atoms with E-state index in [2.05, 4.69) is 10.5 Å². The van der Waals surface area contributed by atoms with E-state index in [1.165, 1.54) is 6.26 Å². The molecule has 0 saturated heterocycles. The molecule has 0 unspecified atom stereocenters. The highest BCUT2D eigenvalue weighted by molar-refractivity contribution is 7.99. The van der Waals surface area contributed by atoms with Crippen LogP contribution < -0.4 is 5.32 Å². The molecule has 5 heteroatoms. The lowest BCUT2D eigenvalue weighted by Crippen LogP contribution is -2.12. The second-order valence-electron chi connectivity index (χ2n) is 5.81. The quantitative estimate of drug-likeness (QED) is 0.485. The molecule has 0 aliphatic heterocycles. The van der Waals surface area contributed by atoms with Gasteiger partial charge in [0.05, 0.1) is 5.69 Å². The summed E-state index contributed by atoms with van der Waals surface area (Å²) in [6.07, 6.45) is 1.38. The first kappa shape index (κ1) is 17.1. The maximum absolute atomic E-state index is 12.9. The Hall–Kier alpha value is -3.31. The van der Waals surface area contributed by atoms with Gasteiger partial charge in [-0.15, -0.1) is 0 Å². The molecule has 1 amide bonds. The maximum atomic E-state index is 12.9. The van der Waals surface area contributed by atoms with E-state index < -0.39 is 0 Å². The van der Waals surface area contributed by atoms with Crippen LogP contribution in [0.1, 0.15) is 10.4 Å². The predicted octanol–water partition coefficient (Wildman–Crippen LogP) is 5.75. The zero-order valence-corrected chi connectivity index (χ0v) is 15.1. The average molecular weight is 372 g/mol. The molecule has 0 aliphatic rings. The maximum Gasteiger partial charge on any atom is 0.261 e. The number of nitrogens with zero attached hydrogens (tertiary/aromatic N) is 1. The van der Waals surface area contributed by atoms with E-state index in [4.69, 9.17) is 4.52 Å². The summed E-state index contributed by atoms with van der Waals surface area (Å²) in [6.45, 7) is 0. The van der Waals surface area contributed by atoms with Crippen LogP contribution in [0.5, 0.6) is 0 Å². The molecular formula is C22H16N2O2S. The van der Waals surface area contributed by atoms with Crippen LogP contribution in [0.15, 0.2) is 106 Å². The highest BCUT2D eigenvalue weighted by Gasteiger charge is 2.18. The third kappa shape index (κ3) is 3.93. The van der Waals surface area contributed by atoms with Crippen molar-refractivity contribution in [2.45, 2.75) is 9.79 Å². The van der Waals surface area contributed by atoms with Crippen LogP contribution in [0, 0.1) is 0 Å². The molecule has 1 N–H and O–H groups in total. The van der Waals surface area contributed by atoms with Crippen molar-refractivity contribution < 1.29 is 9.32 Å². The molecule has 132 valence electrons. The minimum Gasteiger partial charge on any atom is -0.363 e. The number of amides is 1. The SMILES string of the molecule is O=C(Nc1ccccc1Sc1ccccc1)c1conc1-c1ccccc1. The summed E-state index contributed by atoms with van der Waals surface area (Å²) in [7, 11) is 0. The van der Waals surface area contributed by atoms with E-state index in [-0.39, 0.29) is 5.91 Å². The molecule has 0 saturated carbocycles. The molecule has 0 aliphatic carbocycles. The Morgan fingerprint density at radius 2 is 1.52 bits per heavy atom. The van der Waals surface area contributed by atoms with E-state index in [1.807, 2.05) is 84.9 Å². The largest absolute Gasteiger partial charge is 0.363 e. The second kappa shape index (κ2) is 7.93. The van der Waals surface area contributed by atoms with Crippen molar-refractivity contribution >= 4 is 23.4 Å². The van der Waals surface area contributed by atoms with Gasteiger partial charge in [-0.1, -0.05) is 77.6 Å². The smallest absolute Gasteiger partial charge is 0.261 e. The van der Waals surface area contributed by atoms with E-state index in [1.54, 1.807) is 11.8 Å². The second-order valence-corrected chi connectivity index (χ2v) is 6.92. The Bertz CT molecular complexity index is 1050. The first-order valence-electron chi connectivity index (χ1n) is 8.44. The molecule has 0 radical (unpaired) electrons. The van der Waals surface area contributed by atoms with Crippen LogP contribution in [-0.4, -0.2) is 11.1 Å². The fourth-order valence-corrected chi connectivity index (χ4v) is 3.59. The fourth-order valence-electron chi connectivity index (χ4n) is 2.67. The summed E-state index contributed by atoms with van der Waals surface area (Å²) < 4.78 is 5.07. The minimum absolute atomic E-state index is 0.254. The van der Waals surface area contributed by atoms with Gasteiger partial charge in [-0.2, -0.15) is 0 Å². The van der Waals surface area contributed by atoms with E-state index in [9.17, 15) is 4.79 Å². The molecule has 4 rings (SSSR count). The molecular weight excluding hydrogens is 356 g/mol. The topological polar surface area (TPSA) is 55.1 Å². The van der Waals surface area contributed by atoms with Gasteiger partial charge >= 0.3 is 0 Å². The number of rotatable bonds is 5. The third-order valence-electron chi connectivity index (χ3n) is 3.97. The van der Waals surface area contributed by atoms with Gasteiger partial charge in [0, 0.05) is 15.4 Å². The highest BCUT2D eigenvalue weighted by atomic mass is 32.2. The number of anilines is 1. The molecule has 3 aromatic carbocycles. The number of hydrogen-bond acceptors (Lipinski definition) is 4. The summed E-state index contributed by atoms with van der Waals surface area (Å²) in [5.41, 5.74) is 2.52. The van der Waals surface area contributed by atoms with Crippen LogP contribution in [-0.2, 0) is 0 Å². The molecule has 0 fully saturated rings. The Morgan fingerprint density at radius 1 is 0.852 bits per heavy atom. The monoisotopic (exact) mass is 372 g/mol. The van der Waals surface area contributed by atoms with Gasteiger partial charge < -0.3 is 9.84 Å². The number of nitrogens with one attached hydrogen (secondary N) is 1. The normalized spacial score (nSPS) is 10.5. The van der Waals surface area contributed by atoms with Crippen molar-refractivity contribution in [3.8, 4) is 11.3 Å². The number of para-hydroxylation sites is 1. The van der Waals surface area contributed by atoms with E-state index in [0.29, 0.717) is 11.3 Å². The average Bonchev–Trinajstić information content (AvgIpc) is 3.21. The lowest BCUT2D eigenvalue weighted by molar-refractivity contribution is 0.102. The zero-order chi connectivity index (χ0) is 18.5. The van der Waals surface area contributed by atoms with Crippen LogP contribution in [0.3, 0.4) is 0 Å². The first-order valence-corrected chi connectivity index (χ1v) is 9.26. The van der Waals surface area contributed by atoms with E-state index in [0.717, 1.165) is 21.0 Å². The van der Waals surface area contributed by atoms with Crippen molar-refractivity contribution in [1.29, 1.82) is 0 Å². The van der Waals surface area contributed by atoms with Gasteiger partial charge in [0.25, 0.3) is 5.91 Å². The lowest BCUT2D eigenvalue weighted by atomic mass is 10.1. The van der Waals surface area contributed by atoms with Gasteiger partial charge in [-0.05, 0) is 24.3 Å². The van der Waals surface area contributed by atoms with Crippen molar-refractivity contribution in [1.82, 2.24) is 5.16 Å². The number of benzene rings is 3. The molecule has 0 atom stereocenters. The van der Waals surface area contributed by atoms with Gasteiger partial charge in [0.1, 0.15) is 17.5 Å². The number of carbonyl (C=O) groups excluding carboxylic acids is 1. The van der Waals surface area contributed by atoms with Crippen LogP contribution in [0.4, 0.5) is 5.69 Å². The molecule has 4 aromatic rings. The molecule has 0 spiro atoms. The van der Waals surface area contributed by atoms with Crippen LogP contribution >= 0.6 is 11.8 Å². The summed E-state index contributed by atoms with van der Waals surface area (Å²) in [6, 6.07) is 27.3. The molecule has 0 bridgehead atoms. The standard InChI is InChI=1S/C22H16N2O2S/c25-22(18-15-26-24-21(18)16-9-3-1-4-10-16)23-19-13-7-8-14-20(19)27-17-11-5-2-6-12-17/h1-15H,(H,23,25). The van der Waals surface area contributed by atoms with Crippen molar-refractivity contribution in [2.75, 3.05) is 5.32 Å². The van der Waals surface area contributed by atoms with Crippen molar-refractivity contribution in [3.63, 3.8) is 0 Å². The van der Waals surface area contributed by atoms with Gasteiger partial charge in [-0.25, -0.2) is 0 Å². The van der Waals surface area contributed by atoms with Crippen LogP contribution in [0.2, 0.25) is 0 Å². The Labute approximate surface area is 161 Å². The molecule has 1 heterocycles. The molecule has 27 heavy (non-hydrogen) atoms. The lowest BCUT2D eigenvalue weighted by Gasteiger charge is -2.10. The third-order valence-corrected chi connectivity index (χ3v) is 5.05. The summed E-state index contributed by atoms with van der Waals surface area (Å²) >= 11 is 1.60. The Kier molecular flexibility index (Phi) is 5.03. The fraction of sp³-hybridized carbons (Fsp3) is 0.